The van der Waals surface area contributed by atoms with Crippen LogP contribution in [0.25, 0.3) is 0 Å². The van der Waals surface area contributed by atoms with Crippen LogP contribution in [0, 0.1) is 17.3 Å². The van der Waals surface area contributed by atoms with Gasteiger partial charge in [-0.3, -0.25) is 24.1 Å². The first-order chi connectivity index (χ1) is 46.5. The molecule has 0 radical (unpaired) electrons. The highest BCUT2D eigenvalue weighted by molar-refractivity contribution is 6.04. The van der Waals surface area contributed by atoms with Gasteiger partial charge in [0.1, 0.15) is 11.6 Å². The summed E-state index contributed by atoms with van der Waals surface area (Å²) >= 11 is 0. The molecular formula is C66H125NO28. The molecule has 0 aliphatic carbocycles. The Balaban J connectivity index is 1.61. The first-order valence-corrected chi connectivity index (χ1v) is 34.3. The van der Waals surface area contributed by atoms with Gasteiger partial charge in [0.15, 0.2) is 0 Å². The molecule has 0 spiro atoms. The molecule has 1 saturated heterocycles. The van der Waals surface area contributed by atoms with Gasteiger partial charge >= 0.3 is 0 Å². The molecule has 1 heterocycles. The van der Waals surface area contributed by atoms with Crippen molar-refractivity contribution in [1.82, 2.24) is 4.90 Å². The molecule has 0 saturated carbocycles. The standard InChI is InChI=1S/C66H125NO28/c1-60(2)63(69)9-12-73-14-16-75-18-20-77-22-24-79-26-28-81-30-32-83-34-36-85-38-40-87-42-44-89-46-48-91-50-52-93-54-56-95-58-57-94-55-53-92-51-49-90-47-45-88-43-41-86-39-37-84-35-33-82-31-29-80-27-25-78-23-21-76-19-17-74-15-13-72-11-6-7-61(68)8-10-67-64(70)59-62(65(67)71)66(3,4)5/h60,62H,6-59H2,1-5H3. The zero-order valence-electron chi connectivity index (χ0n) is 58.7. The molecule has 562 valence electrons. The predicted molar refractivity (Wildman–Crippen MR) is 347 cm³/mol. The fourth-order valence-electron chi connectivity index (χ4n) is 7.95. The molecular weight excluding hydrogens is 1250 g/mol. The summed E-state index contributed by atoms with van der Waals surface area (Å²) in [6.07, 6.45) is 1.76. The third-order valence-corrected chi connectivity index (χ3v) is 13.3. The monoisotopic (exact) mass is 1380 g/mol. The van der Waals surface area contributed by atoms with Gasteiger partial charge in [-0.1, -0.05) is 34.6 Å². The zero-order valence-corrected chi connectivity index (χ0v) is 58.7. The molecule has 0 aromatic carbocycles. The molecule has 1 rings (SSSR count). The third-order valence-electron chi connectivity index (χ3n) is 13.3. The van der Waals surface area contributed by atoms with Crippen molar-refractivity contribution in [3.63, 3.8) is 0 Å². The number of rotatable bonds is 80. The third kappa shape index (κ3) is 64.6. The van der Waals surface area contributed by atoms with E-state index in [1.54, 1.807) is 0 Å². The molecule has 0 aromatic heterocycles. The molecule has 29 heteroatoms. The lowest BCUT2D eigenvalue weighted by atomic mass is 9.80. The number of hydrogen-bond donors (Lipinski definition) is 0. The van der Waals surface area contributed by atoms with E-state index < -0.39 is 0 Å². The largest absolute Gasteiger partial charge is 0.379 e. The highest BCUT2D eigenvalue weighted by Gasteiger charge is 2.44. The summed E-state index contributed by atoms with van der Waals surface area (Å²) in [6, 6.07) is 0. The van der Waals surface area contributed by atoms with E-state index in [9.17, 15) is 19.2 Å². The summed E-state index contributed by atoms with van der Waals surface area (Å²) in [4.78, 5) is 49.9. The Morgan fingerprint density at radius 2 is 0.495 bits per heavy atom. The van der Waals surface area contributed by atoms with Crippen molar-refractivity contribution in [3.05, 3.63) is 0 Å². The maximum absolute atomic E-state index is 12.6. The van der Waals surface area contributed by atoms with E-state index in [4.69, 9.17) is 114 Å². The molecule has 1 unspecified atom stereocenters. The molecule has 0 N–H and O–H groups in total. The van der Waals surface area contributed by atoms with Gasteiger partial charge in [0.25, 0.3) is 0 Å². The smallest absolute Gasteiger partial charge is 0.233 e. The maximum Gasteiger partial charge on any atom is 0.233 e. The van der Waals surface area contributed by atoms with Crippen LogP contribution in [-0.4, -0.2) is 352 Å². The summed E-state index contributed by atoms with van der Waals surface area (Å²) in [7, 11) is 0. The summed E-state index contributed by atoms with van der Waals surface area (Å²) < 4.78 is 132. The van der Waals surface area contributed by atoms with Crippen molar-refractivity contribution < 1.29 is 133 Å². The van der Waals surface area contributed by atoms with E-state index in [0.29, 0.717) is 336 Å². The average molecular weight is 1380 g/mol. The Bertz CT molecular complexity index is 1670. The maximum atomic E-state index is 12.6. The summed E-state index contributed by atoms with van der Waals surface area (Å²) in [5, 5.41) is 0. The lowest BCUT2D eigenvalue weighted by molar-refractivity contribution is -0.140. The molecule has 2 amide bonds. The zero-order chi connectivity index (χ0) is 68.7. The number of amides is 2. The van der Waals surface area contributed by atoms with Crippen LogP contribution in [0.2, 0.25) is 0 Å². The van der Waals surface area contributed by atoms with Gasteiger partial charge in [-0.25, -0.2) is 0 Å². The second-order valence-electron chi connectivity index (χ2n) is 22.5. The second-order valence-corrected chi connectivity index (χ2v) is 22.5. The molecule has 0 bridgehead atoms. The summed E-state index contributed by atoms with van der Waals surface area (Å²) in [5.41, 5.74) is -0.278. The van der Waals surface area contributed by atoms with E-state index >= 15 is 0 Å². The average Bonchev–Trinajstić information content (AvgIpc) is 1.67. The summed E-state index contributed by atoms with van der Waals surface area (Å²) in [6.45, 7) is 32.3. The molecule has 95 heavy (non-hydrogen) atoms. The minimum absolute atomic E-state index is 0.0155. The van der Waals surface area contributed by atoms with Crippen molar-refractivity contribution in [2.45, 2.75) is 66.7 Å². The highest BCUT2D eigenvalue weighted by atomic mass is 16.6. The topological polar surface area (TPSA) is 293 Å². The number of Topliss-reactive ketones (excluding diaryl/α,β-unsaturated/α-hetero) is 2. The first kappa shape index (κ1) is 90.5. The van der Waals surface area contributed by atoms with Crippen LogP contribution in [-0.2, 0) is 133 Å². The second kappa shape index (κ2) is 71.3. The highest BCUT2D eigenvalue weighted by Crippen LogP contribution is 2.35. The number of nitrogens with zero attached hydrogens (tertiary/aromatic N) is 1. The van der Waals surface area contributed by atoms with E-state index in [-0.39, 0.29) is 60.0 Å². The van der Waals surface area contributed by atoms with Crippen molar-refractivity contribution >= 4 is 23.4 Å². The Hall–Kier alpha value is -2.48. The van der Waals surface area contributed by atoms with Gasteiger partial charge in [-0.15, -0.1) is 0 Å². The van der Waals surface area contributed by atoms with Crippen LogP contribution in [0.5, 0.6) is 0 Å². The van der Waals surface area contributed by atoms with Crippen LogP contribution >= 0.6 is 0 Å². The fourth-order valence-corrected chi connectivity index (χ4v) is 7.95. The van der Waals surface area contributed by atoms with Crippen molar-refractivity contribution in [2.24, 2.45) is 17.3 Å². The van der Waals surface area contributed by atoms with E-state index in [0.717, 1.165) is 0 Å². The first-order valence-electron chi connectivity index (χ1n) is 34.3. The number of hydrogen-bond acceptors (Lipinski definition) is 28. The Morgan fingerprint density at radius 3 is 0.674 bits per heavy atom. The van der Waals surface area contributed by atoms with Gasteiger partial charge < -0.3 is 114 Å². The minimum atomic E-state index is -0.324. The lowest BCUT2D eigenvalue weighted by Gasteiger charge is -2.24. The van der Waals surface area contributed by atoms with Gasteiger partial charge in [0, 0.05) is 44.8 Å². The van der Waals surface area contributed by atoms with Crippen molar-refractivity contribution in [1.29, 1.82) is 0 Å². The Labute approximate surface area is 567 Å². The number of imide groups is 1. The fraction of sp³-hybridized carbons (Fsp3) is 0.939. The minimum Gasteiger partial charge on any atom is -0.379 e. The van der Waals surface area contributed by atoms with Crippen LogP contribution in [0.4, 0.5) is 0 Å². The molecule has 29 nitrogen and oxygen atoms in total. The van der Waals surface area contributed by atoms with Crippen LogP contribution in [0.15, 0.2) is 0 Å². The number of ketones is 2. The van der Waals surface area contributed by atoms with Gasteiger partial charge in [0.05, 0.1) is 316 Å². The van der Waals surface area contributed by atoms with Crippen LogP contribution in [0.1, 0.15) is 66.7 Å². The van der Waals surface area contributed by atoms with Crippen molar-refractivity contribution in [3.8, 4) is 0 Å². The van der Waals surface area contributed by atoms with E-state index in [2.05, 4.69) is 0 Å². The molecule has 1 aliphatic heterocycles. The van der Waals surface area contributed by atoms with Crippen LogP contribution < -0.4 is 0 Å². The summed E-state index contributed by atoms with van der Waals surface area (Å²) in [5.74, 6) is -0.408. The van der Waals surface area contributed by atoms with Gasteiger partial charge in [-0.05, 0) is 11.8 Å². The van der Waals surface area contributed by atoms with Gasteiger partial charge in [-0.2, -0.15) is 0 Å². The molecule has 1 atom stereocenters. The SMILES string of the molecule is CC(C)C(=O)CCOCCOCCOCCOCCOCCOCCOCCOCCOCCOCCOCCOCCOCCOCCOCCOCCOCCOCCOCCOCCOCCOCCOCCOCCCC(=O)CCN1C(=O)CC(C(C)(C)C)C1=O. The Kier molecular flexibility index (Phi) is 68.0. The van der Waals surface area contributed by atoms with E-state index in [1.807, 2.05) is 34.6 Å². The van der Waals surface area contributed by atoms with Crippen LogP contribution in [0.3, 0.4) is 0 Å². The number of likely N-dealkylation sites (tertiary alicyclic amines) is 1. The predicted octanol–water partition coefficient (Wildman–Crippen LogP) is 3.16. The van der Waals surface area contributed by atoms with Crippen molar-refractivity contribution in [2.75, 3.05) is 324 Å². The van der Waals surface area contributed by atoms with E-state index in [1.165, 1.54) is 4.90 Å². The Morgan fingerprint density at radius 1 is 0.305 bits per heavy atom. The normalized spacial score (nSPS) is 13.7. The lowest BCUT2D eigenvalue weighted by Crippen LogP contribution is -2.35. The molecule has 1 fully saturated rings. The molecule has 0 aromatic rings. The number of carbonyl (C=O) groups excluding carboxylic acids is 4. The quantitative estimate of drug-likeness (QED) is 0.0624. The number of carbonyl (C=O) groups is 4. The number of ether oxygens (including phenoxy) is 24. The van der Waals surface area contributed by atoms with Gasteiger partial charge in [0.2, 0.25) is 11.8 Å². The molecule has 1 aliphatic rings.